The van der Waals surface area contributed by atoms with Gasteiger partial charge in [-0.15, -0.1) is 0 Å². The van der Waals surface area contributed by atoms with Crippen molar-refractivity contribution in [3.05, 3.63) is 39.9 Å². The van der Waals surface area contributed by atoms with E-state index in [1.165, 1.54) is 24.3 Å². The molecule has 2 atom stereocenters. The maximum atomic E-state index is 12.0. The summed E-state index contributed by atoms with van der Waals surface area (Å²) in [5.74, 6) is -1.19. The lowest BCUT2D eigenvalue weighted by molar-refractivity contribution is -0.384. The quantitative estimate of drug-likeness (QED) is 0.454. The molecular weight excluding hydrogens is 302 g/mol. The molecule has 1 fully saturated rings. The number of benzene rings is 1. The highest BCUT2D eigenvalue weighted by Crippen LogP contribution is 2.58. The average Bonchev–Trinajstić information content (AvgIpc) is 3.06. The molecule has 23 heavy (non-hydrogen) atoms. The van der Waals surface area contributed by atoms with E-state index >= 15 is 0 Å². The molecule has 1 aromatic carbocycles. The molecule has 0 amide bonds. The predicted molar refractivity (Wildman–Crippen MR) is 80.8 cm³/mol. The van der Waals surface area contributed by atoms with Crippen LogP contribution in [0.5, 0.6) is 0 Å². The topological polar surface area (TPSA) is 95.7 Å². The van der Waals surface area contributed by atoms with Gasteiger partial charge in [0.05, 0.1) is 29.6 Å². The van der Waals surface area contributed by atoms with Crippen molar-refractivity contribution in [1.82, 2.24) is 0 Å². The monoisotopic (exact) mass is 321 g/mol. The van der Waals surface area contributed by atoms with E-state index in [1.54, 1.807) is 6.92 Å². The lowest BCUT2D eigenvalue weighted by Crippen LogP contribution is -2.12. The van der Waals surface area contributed by atoms with Gasteiger partial charge in [-0.2, -0.15) is 0 Å². The summed E-state index contributed by atoms with van der Waals surface area (Å²) in [5, 5.41) is 10.6. The minimum Gasteiger partial charge on any atom is -0.466 e. The third-order valence-corrected chi connectivity index (χ3v) is 4.30. The Balaban J connectivity index is 1.92. The van der Waals surface area contributed by atoms with Gasteiger partial charge in [0, 0.05) is 18.1 Å². The van der Waals surface area contributed by atoms with Crippen molar-refractivity contribution in [3.8, 4) is 0 Å². The van der Waals surface area contributed by atoms with Crippen molar-refractivity contribution in [3.63, 3.8) is 0 Å². The maximum Gasteiger partial charge on any atom is 0.338 e. The Labute approximate surface area is 133 Å². The zero-order valence-electron chi connectivity index (χ0n) is 13.3. The van der Waals surface area contributed by atoms with Crippen molar-refractivity contribution in [1.29, 1.82) is 0 Å². The van der Waals surface area contributed by atoms with Gasteiger partial charge in [0.25, 0.3) is 5.69 Å². The first-order chi connectivity index (χ1) is 10.8. The number of rotatable bonds is 6. The van der Waals surface area contributed by atoms with Crippen molar-refractivity contribution in [2.24, 2.45) is 17.3 Å². The number of non-ortho nitro benzene ring substituents is 1. The Morgan fingerprint density at radius 2 is 1.83 bits per heavy atom. The second-order valence-electron chi connectivity index (χ2n) is 6.06. The molecule has 0 spiro atoms. The third-order valence-electron chi connectivity index (χ3n) is 4.30. The van der Waals surface area contributed by atoms with E-state index in [2.05, 4.69) is 0 Å². The van der Waals surface area contributed by atoms with Crippen LogP contribution in [-0.2, 0) is 14.3 Å². The van der Waals surface area contributed by atoms with Crippen LogP contribution in [0.4, 0.5) is 5.69 Å². The van der Waals surface area contributed by atoms with Gasteiger partial charge >= 0.3 is 11.9 Å². The fourth-order valence-electron chi connectivity index (χ4n) is 2.72. The molecule has 1 aromatic rings. The highest BCUT2D eigenvalue weighted by molar-refractivity contribution is 5.89. The zero-order chi connectivity index (χ0) is 17.2. The first-order valence-corrected chi connectivity index (χ1v) is 7.37. The number of hydrogen-bond donors (Lipinski definition) is 0. The van der Waals surface area contributed by atoms with Gasteiger partial charge in [-0.1, -0.05) is 13.8 Å². The van der Waals surface area contributed by atoms with Gasteiger partial charge in [0.15, 0.2) is 0 Å². The largest absolute Gasteiger partial charge is 0.466 e. The number of esters is 2. The number of ether oxygens (including phenoxy) is 2. The SMILES string of the molecule is CCOC(=O)[C@@H]1[C@H](COC(=O)c2ccc([N+](=O)[O-])cc2)C1(C)C. The third kappa shape index (κ3) is 3.49. The lowest BCUT2D eigenvalue weighted by atomic mass is 10.1. The van der Waals surface area contributed by atoms with Crippen LogP contribution in [0.1, 0.15) is 31.1 Å². The van der Waals surface area contributed by atoms with Gasteiger partial charge in [-0.05, 0) is 24.5 Å². The normalized spacial score (nSPS) is 21.3. The van der Waals surface area contributed by atoms with Crippen molar-refractivity contribution in [2.45, 2.75) is 20.8 Å². The summed E-state index contributed by atoms with van der Waals surface area (Å²) in [6, 6.07) is 5.20. The van der Waals surface area contributed by atoms with Crippen LogP contribution in [0.3, 0.4) is 0 Å². The first kappa shape index (κ1) is 16.9. The Bertz CT molecular complexity index is 622. The molecular formula is C16H19NO6. The molecule has 1 saturated carbocycles. The molecule has 0 N–H and O–H groups in total. The van der Waals surface area contributed by atoms with E-state index in [0.29, 0.717) is 6.61 Å². The Morgan fingerprint density at radius 1 is 1.22 bits per heavy atom. The summed E-state index contributed by atoms with van der Waals surface area (Å²) < 4.78 is 10.2. The Morgan fingerprint density at radius 3 is 2.35 bits per heavy atom. The van der Waals surface area contributed by atoms with Gasteiger partial charge in [-0.3, -0.25) is 14.9 Å². The summed E-state index contributed by atoms with van der Waals surface area (Å²) in [6.45, 7) is 6.04. The van der Waals surface area contributed by atoms with E-state index in [1.807, 2.05) is 13.8 Å². The second-order valence-corrected chi connectivity index (χ2v) is 6.06. The number of nitro groups is 1. The minimum absolute atomic E-state index is 0.0800. The van der Waals surface area contributed by atoms with Crippen LogP contribution in [0.2, 0.25) is 0 Å². The van der Waals surface area contributed by atoms with Crippen LogP contribution in [0.25, 0.3) is 0 Å². The zero-order valence-corrected chi connectivity index (χ0v) is 13.3. The molecule has 1 aliphatic carbocycles. The molecule has 7 nitrogen and oxygen atoms in total. The molecule has 0 radical (unpaired) electrons. The van der Waals surface area contributed by atoms with Crippen LogP contribution in [-0.4, -0.2) is 30.1 Å². The van der Waals surface area contributed by atoms with E-state index < -0.39 is 10.9 Å². The highest BCUT2D eigenvalue weighted by Gasteiger charge is 2.63. The lowest BCUT2D eigenvalue weighted by Gasteiger charge is -2.05. The minimum atomic E-state index is -0.565. The molecule has 0 aromatic heterocycles. The molecule has 0 heterocycles. The van der Waals surface area contributed by atoms with Gasteiger partial charge in [0.1, 0.15) is 0 Å². The number of hydrogen-bond acceptors (Lipinski definition) is 6. The van der Waals surface area contributed by atoms with E-state index in [4.69, 9.17) is 9.47 Å². The molecule has 2 rings (SSSR count). The highest BCUT2D eigenvalue weighted by atomic mass is 16.6. The van der Waals surface area contributed by atoms with Crippen molar-refractivity contribution in [2.75, 3.05) is 13.2 Å². The van der Waals surface area contributed by atoms with E-state index in [-0.39, 0.29) is 41.1 Å². The van der Waals surface area contributed by atoms with Gasteiger partial charge in [0.2, 0.25) is 0 Å². The summed E-state index contributed by atoms with van der Waals surface area (Å²) >= 11 is 0. The molecule has 0 bridgehead atoms. The van der Waals surface area contributed by atoms with Crippen LogP contribution < -0.4 is 0 Å². The standard InChI is InChI=1S/C16H19NO6/c1-4-22-15(19)13-12(16(13,2)3)9-23-14(18)10-5-7-11(8-6-10)17(20)21/h5-8,12-13H,4,9H2,1-3H3/t12-,13-/m0/s1. The first-order valence-electron chi connectivity index (χ1n) is 7.37. The smallest absolute Gasteiger partial charge is 0.338 e. The summed E-state index contributed by atoms with van der Waals surface area (Å²) in [4.78, 5) is 33.8. The fourth-order valence-corrected chi connectivity index (χ4v) is 2.72. The number of carbonyl (C=O) groups excluding carboxylic acids is 2. The van der Waals surface area contributed by atoms with Crippen LogP contribution in [0, 0.1) is 27.4 Å². The summed E-state index contributed by atoms with van der Waals surface area (Å²) in [5.41, 5.74) is -0.115. The van der Waals surface area contributed by atoms with E-state index in [9.17, 15) is 19.7 Å². The molecule has 124 valence electrons. The second kappa shape index (κ2) is 6.36. The predicted octanol–water partition coefficient (Wildman–Crippen LogP) is 2.59. The Kier molecular flexibility index (Phi) is 4.68. The average molecular weight is 321 g/mol. The molecule has 0 unspecified atom stereocenters. The summed E-state index contributed by atoms with van der Waals surface area (Å²) in [6.07, 6.45) is 0. The molecule has 1 aliphatic rings. The van der Waals surface area contributed by atoms with Crippen molar-refractivity contribution < 1.29 is 24.0 Å². The van der Waals surface area contributed by atoms with Crippen LogP contribution >= 0.6 is 0 Å². The van der Waals surface area contributed by atoms with Gasteiger partial charge < -0.3 is 9.47 Å². The van der Waals surface area contributed by atoms with Crippen molar-refractivity contribution >= 4 is 17.6 Å². The van der Waals surface area contributed by atoms with E-state index in [0.717, 1.165) is 0 Å². The number of nitro benzene ring substituents is 1. The number of nitrogens with zero attached hydrogens (tertiary/aromatic N) is 1. The molecule has 0 aliphatic heterocycles. The maximum absolute atomic E-state index is 12.0. The van der Waals surface area contributed by atoms with Gasteiger partial charge in [-0.25, -0.2) is 4.79 Å². The number of carbonyl (C=O) groups is 2. The summed E-state index contributed by atoms with van der Waals surface area (Å²) in [7, 11) is 0. The fraction of sp³-hybridized carbons (Fsp3) is 0.500. The Hall–Kier alpha value is -2.44. The molecule has 0 saturated heterocycles. The van der Waals surface area contributed by atoms with Crippen LogP contribution in [0.15, 0.2) is 24.3 Å². The molecule has 7 heteroatoms.